The lowest BCUT2D eigenvalue weighted by Gasteiger charge is -2.06. The normalized spacial score (nSPS) is 10.9. The first-order valence-corrected chi connectivity index (χ1v) is 8.93. The molecule has 8 nitrogen and oxygen atoms in total. The summed E-state index contributed by atoms with van der Waals surface area (Å²) in [5, 5.41) is 6.68. The van der Waals surface area contributed by atoms with Crippen LogP contribution in [0.2, 0.25) is 0 Å². The standard InChI is InChI=1S/C20H22N4O4/c1-12(2)8-14-9-17(23-20(26)22-14)19(25)21-11-15-10-18(28-24-15)13-4-6-16(27-3)7-5-13/h4-7,9-10,12H,8,11H2,1-3H3,(H,21,25)(H,22,23,26). The molecule has 0 fully saturated rings. The van der Waals surface area contributed by atoms with Crippen molar-refractivity contribution in [1.29, 1.82) is 0 Å². The monoisotopic (exact) mass is 382 g/mol. The highest BCUT2D eigenvalue weighted by atomic mass is 16.5. The molecule has 0 saturated heterocycles. The molecule has 1 amide bonds. The first kappa shape index (κ1) is 19.3. The minimum Gasteiger partial charge on any atom is -0.497 e. The lowest BCUT2D eigenvalue weighted by atomic mass is 10.1. The van der Waals surface area contributed by atoms with Crippen LogP contribution in [0.4, 0.5) is 0 Å². The zero-order valence-electron chi connectivity index (χ0n) is 16.0. The van der Waals surface area contributed by atoms with E-state index in [-0.39, 0.29) is 12.2 Å². The third-order valence-electron chi connectivity index (χ3n) is 4.02. The summed E-state index contributed by atoms with van der Waals surface area (Å²) >= 11 is 0. The molecule has 2 aromatic heterocycles. The summed E-state index contributed by atoms with van der Waals surface area (Å²) in [5.41, 5.74) is 1.64. The van der Waals surface area contributed by atoms with Crippen LogP contribution in [0, 0.1) is 5.92 Å². The Morgan fingerprint density at radius 2 is 2.00 bits per heavy atom. The second-order valence-electron chi connectivity index (χ2n) is 6.79. The number of hydrogen-bond donors (Lipinski definition) is 2. The van der Waals surface area contributed by atoms with Crippen LogP contribution in [0.1, 0.15) is 35.7 Å². The Bertz CT molecular complexity index is 1010. The molecule has 0 atom stereocenters. The fourth-order valence-electron chi connectivity index (χ4n) is 2.72. The molecule has 0 unspecified atom stereocenters. The van der Waals surface area contributed by atoms with Gasteiger partial charge in [-0.05, 0) is 42.7 Å². The van der Waals surface area contributed by atoms with Crippen molar-refractivity contribution in [3.63, 3.8) is 0 Å². The molecule has 0 aliphatic rings. The molecule has 0 saturated carbocycles. The van der Waals surface area contributed by atoms with Crippen LogP contribution < -0.4 is 15.7 Å². The highest BCUT2D eigenvalue weighted by Crippen LogP contribution is 2.23. The van der Waals surface area contributed by atoms with Gasteiger partial charge in [0, 0.05) is 17.3 Å². The number of nitrogens with one attached hydrogen (secondary N) is 2. The number of hydrogen-bond acceptors (Lipinski definition) is 6. The Morgan fingerprint density at radius 3 is 2.68 bits per heavy atom. The van der Waals surface area contributed by atoms with Gasteiger partial charge in [0.25, 0.3) is 5.91 Å². The quantitative estimate of drug-likeness (QED) is 0.650. The molecular weight excluding hydrogens is 360 g/mol. The van der Waals surface area contributed by atoms with Crippen LogP contribution in [0.5, 0.6) is 5.75 Å². The smallest absolute Gasteiger partial charge is 0.345 e. The second kappa shape index (κ2) is 8.51. The van der Waals surface area contributed by atoms with E-state index < -0.39 is 11.6 Å². The number of carbonyl (C=O) groups is 1. The largest absolute Gasteiger partial charge is 0.497 e. The van der Waals surface area contributed by atoms with Gasteiger partial charge in [0.05, 0.1) is 13.7 Å². The van der Waals surface area contributed by atoms with Gasteiger partial charge in [0.15, 0.2) is 5.76 Å². The van der Waals surface area contributed by atoms with Gasteiger partial charge >= 0.3 is 5.69 Å². The number of methoxy groups -OCH3 is 1. The molecule has 8 heteroatoms. The van der Waals surface area contributed by atoms with Crippen LogP contribution in [-0.2, 0) is 13.0 Å². The van der Waals surface area contributed by atoms with E-state index in [1.54, 1.807) is 19.2 Å². The van der Waals surface area contributed by atoms with Crippen LogP contribution in [-0.4, -0.2) is 28.1 Å². The molecule has 3 rings (SSSR count). The fourth-order valence-corrected chi connectivity index (χ4v) is 2.72. The number of rotatable bonds is 7. The summed E-state index contributed by atoms with van der Waals surface area (Å²) in [5.74, 6) is 1.24. The number of benzene rings is 1. The van der Waals surface area contributed by atoms with Gasteiger partial charge in [0.1, 0.15) is 17.1 Å². The summed E-state index contributed by atoms with van der Waals surface area (Å²) in [6, 6.07) is 10.7. The Labute approximate surface area is 161 Å². The van der Waals surface area contributed by atoms with E-state index in [9.17, 15) is 9.59 Å². The van der Waals surface area contributed by atoms with Crippen molar-refractivity contribution in [2.45, 2.75) is 26.8 Å². The highest BCUT2D eigenvalue weighted by molar-refractivity contribution is 5.92. The third kappa shape index (κ3) is 4.85. The molecular formula is C20H22N4O4. The van der Waals surface area contributed by atoms with Gasteiger partial charge in [-0.3, -0.25) is 4.79 Å². The van der Waals surface area contributed by atoms with Crippen molar-refractivity contribution in [3.05, 3.63) is 64.0 Å². The van der Waals surface area contributed by atoms with E-state index in [4.69, 9.17) is 9.26 Å². The fraction of sp³-hybridized carbons (Fsp3) is 0.300. The van der Waals surface area contributed by atoms with Crippen molar-refractivity contribution >= 4 is 5.91 Å². The first-order valence-electron chi connectivity index (χ1n) is 8.93. The summed E-state index contributed by atoms with van der Waals surface area (Å²) in [7, 11) is 1.60. The lowest BCUT2D eigenvalue weighted by Crippen LogP contribution is -2.27. The Morgan fingerprint density at radius 1 is 1.25 bits per heavy atom. The first-order chi connectivity index (χ1) is 13.4. The Hall–Kier alpha value is -3.42. The summed E-state index contributed by atoms with van der Waals surface area (Å²) < 4.78 is 10.5. The molecule has 2 heterocycles. The molecule has 2 N–H and O–H groups in total. The summed E-state index contributed by atoms with van der Waals surface area (Å²) in [6.45, 7) is 4.22. The van der Waals surface area contributed by atoms with Gasteiger partial charge in [0.2, 0.25) is 0 Å². The minimum absolute atomic E-state index is 0.0817. The molecule has 0 radical (unpaired) electrons. The molecule has 146 valence electrons. The topological polar surface area (TPSA) is 110 Å². The zero-order chi connectivity index (χ0) is 20.1. The van der Waals surface area contributed by atoms with E-state index >= 15 is 0 Å². The van der Waals surface area contributed by atoms with Crippen LogP contribution >= 0.6 is 0 Å². The average molecular weight is 382 g/mol. The third-order valence-corrected chi connectivity index (χ3v) is 4.02. The van der Waals surface area contributed by atoms with E-state index in [0.29, 0.717) is 29.5 Å². The van der Waals surface area contributed by atoms with E-state index in [1.807, 2.05) is 38.1 Å². The van der Waals surface area contributed by atoms with Crippen LogP contribution in [0.3, 0.4) is 0 Å². The van der Waals surface area contributed by atoms with Gasteiger partial charge in [-0.25, -0.2) is 4.79 Å². The Kier molecular flexibility index (Phi) is 5.88. The van der Waals surface area contributed by atoms with Gasteiger partial charge in [-0.2, -0.15) is 4.98 Å². The van der Waals surface area contributed by atoms with Gasteiger partial charge < -0.3 is 19.6 Å². The number of carbonyl (C=O) groups excluding carboxylic acids is 1. The van der Waals surface area contributed by atoms with Crippen LogP contribution in [0.25, 0.3) is 11.3 Å². The van der Waals surface area contributed by atoms with Crippen LogP contribution in [0.15, 0.2) is 45.7 Å². The van der Waals surface area contributed by atoms with E-state index in [0.717, 1.165) is 11.3 Å². The van der Waals surface area contributed by atoms with Crippen molar-refractivity contribution in [3.8, 4) is 17.1 Å². The molecule has 0 spiro atoms. The number of ether oxygens (including phenoxy) is 1. The second-order valence-corrected chi connectivity index (χ2v) is 6.79. The van der Waals surface area contributed by atoms with Gasteiger partial charge in [-0.1, -0.05) is 19.0 Å². The summed E-state index contributed by atoms with van der Waals surface area (Å²) in [4.78, 5) is 30.4. The molecule has 0 bridgehead atoms. The molecule has 0 aliphatic heterocycles. The number of H-pyrrole nitrogens is 1. The number of aromatic amines is 1. The highest BCUT2D eigenvalue weighted by Gasteiger charge is 2.13. The number of amides is 1. The maximum absolute atomic E-state index is 12.4. The molecule has 3 aromatic rings. The van der Waals surface area contributed by atoms with Crippen molar-refractivity contribution in [1.82, 2.24) is 20.4 Å². The van der Waals surface area contributed by atoms with Gasteiger partial charge in [-0.15, -0.1) is 0 Å². The SMILES string of the molecule is COc1ccc(-c2cc(CNC(=O)c3cc(CC(C)C)[nH]c(=O)n3)no2)cc1. The predicted octanol–water partition coefficient (Wildman–Crippen LogP) is 2.56. The number of aromatic nitrogens is 3. The maximum Gasteiger partial charge on any atom is 0.345 e. The minimum atomic E-state index is -0.536. The summed E-state index contributed by atoms with van der Waals surface area (Å²) in [6.07, 6.45) is 0.659. The lowest BCUT2D eigenvalue weighted by molar-refractivity contribution is 0.0944. The number of nitrogens with zero attached hydrogens (tertiary/aromatic N) is 2. The predicted molar refractivity (Wildman–Crippen MR) is 103 cm³/mol. The maximum atomic E-state index is 12.4. The molecule has 28 heavy (non-hydrogen) atoms. The van der Waals surface area contributed by atoms with E-state index in [1.165, 1.54) is 0 Å². The molecule has 0 aliphatic carbocycles. The van der Waals surface area contributed by atoms with E-state index in [2.05, 4.69) is 20.4 Å². The zero-order valence-corrected chi connectivity index (χ0v) is 16.0. The van der Waals surface area contributed by atoms with Crippen molar-refractivity contribution in [2.24, 2.45) is 5.92 Å². The van der Waals surface area contributed by atoms with Crippen molar-refractivity contribution in [2.75, 3.05) is 7.11 Å². The Balaban J connectivity index is 1.66. The molecule has 1 aromatic carbocycles. The van der Waals surface area contributed by atoms with Crippen molar-refractivity contribution < 1.29 is 14.1 Å². The average Bonchev–Trinajstić information content (AvgIpc) is 3.14.